The van der Waals surface area contributed by atoms with E-state index < -0.39 is 28.5 Å². The summed E-state index contributed by atoms with van der Waals surface area (Å²) in [5.74, 6) is -0.833. The Morgan fingerprint density at radius 1 is 0.967 bits per heavy atom. The Morgan fingerprint density at radius 2 is 1.67 bits per heavy atom. The van der Waals surface area contributed by atoms with Gasteiger partial charge >= 0.3 is 11.9 Å². The minimum absolute atomic E-state index is 0.0886. The monoisotopic (exact) mass is 437 g/mol. The normalized spacial score (nSPS) is 10.8. The van der Waals surface area contributed by atoms with Gasteiger partial charge in [-0.1, -0.05) is 6.07 Å². The second-order valence-corrected chi connectivity index (χ2v) is 7.74. The van der Waals surface area contributed by atoms with E-state index >= 15 is 0 Å². The Hall–Kier alpha value is -3.27. The van der Waals surface area contributed by atoms with Crippen molar-refractivity contribution >= 4 is 27.6 Å². The van der Waals surface area contributed by atoms with Gasteiger partial charge in [0, 0.05) is 6.07 Å². The van der Waals surface area contributed by atoms with Crippen LogP contribution in [-0.2, 0) is 24.3 Å². The Kier molecular flexibility index (Phi) is 7.65. The number of ether oxygens (including phenoxy) is 4. The summed E-state index contributed by atoms with van der Waals surface area (Å²) in [6, 6.07) is 9.81. The summed E-state index contributed by atoms with van der Waals surface area (Å²) in [6.45, 7) is 1.11. The third-order valence-electron chi connectivity index (χ3n) is 4.08. The fraction of sp³-hybridized carbons (Fsp3) is 0.300. The molecular formula is C20H23NO8S. The summed E-state index contributed by atoms with van der Waals surface area (Å²) in [6.07, 6.45) is 0. The first-order valence-corrected chi connectivity index (χ1v) is 10.3. The maximum Gasteiger partial charge on any atom is 0.337 e. The first-order valence-electron chi connectivity index (χ1n) is 8.87. The van der Waals surface area contributed by atoms with Crippen molar-refractivity contribution in [3.05, 3.63) is 48.0 Å². The maximum atomic E-state index is 13.4. The van der Waals surface area contributed by atoms with Crippen LogP contribution in [0.2, 0.25) is 0 Å². The van der Waals surface area contributed by atoms with Crippen LogP contribution in [0, 0.1) is 0 Å². The van der Waals surface area contributed by atoms with Crippen LogP contribution in [0.5, 0.6) is 11.5 Å². The van der Waals surface area contributed by atoms with Gasteiger partial charge in [-0.25, -0.2) is 13.2 Å². The molecule has 0 aliphatic rings. The molecule has 0 saturated carbocycles. The number of hydrogen-bond donors (Lipinski definition) is 0. The molecule has 0 fully saturated rings. The number of benzene rings is 2. The van der Waals surface area contributed by atoms with Crippen molar-refractivity contribution in [2.24, 2.45) is 0 Å². The van der Waals surface area contributed by atoms with Crippen molar-refractivity contribution in [2.45, 2.75) is 11.8 Å². The smallest absolute Gasteiger partial charge is 0.337 e. The molecule has 0 heterocycles. The van der Waals surface area contributed by atoms with Crippen molar-refractivity contribution < 1.29 is 37.0 Å². The molecule has 30 heavy (non-hydrogen) atoms. The fourth-order valence-electron chi connectivity index (χ4n) is 2.65. The lowest BCUT2D eigenvalue weighted by molar-refractivity contribution is -0.141. The van der Waals surface area contributed by atoms with Gasteiger partial charge in [-0.05, 0) is 37.3 Å². The molecule has 0 bridgehead atoms. The predicted octanol–water partition coefficient (Wildman–Crippen LogP) is 2.25. The van der Waals surface area contributed by atoms with E-state index in [0.717, 1.165) is 4.31 Å². The molecule has 9 nitrogen and oxygen atoms in total. The van der Waals surface area contributed by atoms with Gasteiger partial charge in [0.05, 0.1) is 44.1 Å². The molecule has 0 N–H and O–H groups in total. The van der Waals surface area contributed by atoms with E-state index in [1.54, 1.807) is 6.92 Å². The van der Waals surface area contributed by atoms with Crippen LogP contribution in [0.25, 0.3) is 0 Å². The summed E-state index contributed by atoms with van der Waals surface area (Å²) < 4.78 is 47.6. The Bertz CT molecular complexity index is 1020. The molecule has 2 rings (SSSR count). The number of hydrogen-bond acceptors (Lipinski definition) is 8. The van der Waals surface area contributed by atoms with Gasteiger partial charge in [-0.2, -0.15) is 0 Å². The minimum Gasteiger partial charge on any atom is -0.493 e. The SMILES string of the molecule is CCOC(=O)CN(c1cccc(C(=O)OC)c1)S(=O)(=O)c1ccc(OC)c(OC)c1. The van der Waals surface area contributed by atoms with Gasteiger partial charge < -0.3 is 18.9 Å². The largest absolute Gasteiger partial charge is 0.493 e. The van der Waals surface area contributed by atoms with Crippen molar-refractivity contribution in [3.8, 4) is 11.5 Å². The van der Waals surface area contributed by atoms with Crippen molar-refractivity contribution in [1.29, 1.82) is 0 Å². The van der Waals surface area contributed by atoms with Crippen LogP contribution in [0.1, 0.15) is 17.3 Å². The molecule has 0 atom stereocenters. The summed E-state index contributed by atoms with van der Waals surface area (Å²) in [7, 11) is -0.208. The lowest BCUT2D eigenvalue weighted by atomic mass is 10.2. The first-order chi connectivity index (χ1) is 14.3. The molecule has 0 aliphatic heterocycles. The number of rotatable bonds is 9. The zero-order valence-electron chi connectivity index (χ0n) is 17.1. The Morgan fingerprint density at radius 3 is 2.27 bits per heavy atom. The molecule has 2 aromatic rings. The average molecular weight is 437 g/mol. The Balaban J connectivity index is 2.59. The van der Waals surface area contributed by atoms with Gasteiger partial charge in [0.1, 0.15) is 6.54 Å². The van der Waals surface area contributed by atoms with Gasteiger partial charge in [0.15, 0.2) is 11.5 Å². The van der Waals surface area contributed by atoms with Crippen LogP contribution in [0.4, 0.5) is 5.69 Å². The topological polar surface area (TPSA) is 108 Å². The number of esters is 2. The molecule has 2 aromatic carbocycles. The number of sulfonamides is 1. The van der Waals surface area contributed by atoms with Crippen LogP contribution >= 0.6 is 0 Å². The van der Waals surface area contributed by atoms with Gasteiger partial charge in [-0.15, -0.1) is 0 Å². The number of anilines is 1. The highest BCUT2D eigenvalue weighted by Gasteiger charge is 2.29. The van der Waals surface area contributed by atoms with Crippen molar-refractivity contribution in [3.63, 3.8) is 0 Å². The van der Waals surface area contributed by atoms with Crippen molar-refractivity contribution in [1.82, 2.24) is 0 Å². The average Bonchev–Trinajstić information content (AvgIpc) is 2.76. The molecule has 0 amide bonds. The van der Waals surface area contributed by atoms with E-state index in [9.17, 15) is 18.0 Å². The zero-order chi connectivity index (χ0) is 22.3. The van der Waals surface area contributed by atoms with E-state index in [0.29, 0.717) is 5.75 Å². The lowest BCUT2D eigenvalue weighted by Gasteiger charge is -2.24. The molecule has 0 saturated heterocycles. The van der Waals surface area contributed by atoms with E-state index in [4.69, 9.17) is 14.2 Å². The molecule has 10 heteroatoms. The minimum atomic E-state index is -4.23. The summed E-state index contributed by atoms with van der Waals surface area (Å²) in [5, 5.41) is 0. The van der Waals surface area contributed by atoms with Crippen LogP contribution < -0.4 is 13.8 Å². The van der Waals surface area contributed by atoms with Crippen LogP contribution in [-0.4, -0.2) is 54.8 Å². The number of methoxy groups -OCH3 is 3. The molecule has 0 radical (unpaired) electrons. The maximum absolute atomic E-state index is 13.4. The van der Waals surface area contributed by atoms with E-state index in [1.807, 2.05) is 0 Å². The molecule has 0 spiro atoms. The van der Waals surface area contributed by atoms with Crippen LogP contribution in [0.15, 0.2) is 47.4 Å². The molecule has 162 valence electrons. The standard InChI is InChI=1S/C20H23NO8S/c1-5-29-19(22)13-21(15-8-6-7-14(11-15)20(23)28-4)30(24,25)16-9-10-17(26-2)18(12-16)27-3/h6-12H,5,13H2,1-4H3. The molecule has 0 aromatic heterocycles. The second kappa shape index (κ2) is 9.97. The first kappa shape index (κ1) is 23.0. The van der Waals surface area contributed by atoms with E-state index in [1.165, 1.54) is 63.8 Å². The van der Waals surface area contributed by atoms with E-state index in [-0.39, 0.29) is 28.5 Å². The predicted molar refractivity (Wildman–Crippen MR) is 108 cm³/mol. The third-order valence-corrected chi connectivity index (χ3v) is 5.85. The fourth-order valence-corrected chi connectivity index (χ4v) is 4.07. The number of nitrogens with zero attached hydrogens (tertiary/aromatic N) is 1. The summed E-state index contributed by atoms with van der Waals surface area (Å²) >= 11 is 0. The number of carbonyl (C=O) groups excluding carboxylic acids is 2. The highest BCUT2D eigenvalue weighted by Crippen LogP contribution is 2.32. The molecular weight excluding hydrogens is 414 g/mol. The summed E-state index contributed by atoms with van der Waals surface area (Å²) in [4.78, 5) is 23.9. The van der Waals surface area contributed by atoms with Gasteiger partial charge in [0.25, 0.3) is 10.0 Å². The second-order valence-electron chi connectivity index (χ2n) is 5.88. The zero-order valence-corrected chi connectivity index (χ0v) is 17.9. The van der Waals surface area contributed by atoms with E-state index in [2.05, 4.69) is 4.74 Å². The highest BCUT2D eigenvalue weighted by atomic mass is 32.2. The molecule has 0 aliphatic carbocycles. The van der Waals surface area contributed by atoms with Crippen LogP contribution in [0.3, 0.4) is 0 Å². The third kappa shape index (κ3) is 5.01. The summed E-state index contributed by atoms with van der Waals surface area (Å²) in [5.41, 5.74) is 0.229. The highest BCUT2D eigenvalue weighted by molar-refractivity contribution is 7.92. The number of carbonyl (C=O) groups is 2. The quantitative estimate of drug-likeness (QED) is 0.550. The lowest BCUT2D eigenvalue weighted by Crippen LogP contribution is -2.36. The Labute approximate surface area is 175 Å². The molecule has 0 unspecified atom stereocenters. The van der Waals surface area contributed by atoms with Gasteiger partial charge in [0.2, 0.25) is 0 Å². The van der Waals surface area contributed by atoms with Gasteiger partial charge in [-0.3, -0.25) is 9.10 Å². The van der Waals surface area contributed by atoms with Crippen molar-refractivity contribution in [2.75, 3.05) is 38.8 Å².